The molecule has 0 radical (unpaired) electrons. The highest BCUT2D eigenvalue weighted by molar-refractivity contribution is 14.0. The standard InChI is InChI=1S/C21H37N5O.HI/c1-3-22-21(24-12-18-27-2)23-11-7-8-13-25-14-16-26(17-15-25)19-20-9-5-4-6-10-20;/h4-6,9-10H,3,7-8,11-19H2,1-2H3,(H2,22,23,24);1H. The molecule has 1 aromatic carbocycles. The van der Waals surface area contributed by atoms with E-state index in [1.807, 2.05) is 0 Å². The summed E-state index contributed by atoms with van der Waals surface area (Å²) in [6, 6.07) is 10.8. The van der Waals surface area contributed by atoms with Gasteiger partial charge in [0.1, 0.15) is 0 Å². The van der Waals surface area contributed by atoms with Crippen LogP contribution in [-0.2, 0) is 11.3 Å². The topological polar surface area (TPSA) is 52.1 Å². The van der Waals surface area contributed by atoms with E-state index < -0.39 is 0 Å². The Hall–Kier alpha value is -0.900. The Balaban J connectivity index is 0.00000392. The van der Waals surface area contributed by atoms with Crippen LogP contribution >= 0.6 is 24.0 Å². The van der Waals surface area contributed by atoms with E-state index in [1.165, 1.54) is 44.7 Å². The quantitative estimate of drug-likeness (QED) is 0.210. The van der Waals surface area contributed by atoms with Gasteiger partial charge >= 0.3 is 0 Å². The van der Waals surface area contributed by atoms with E-state index in [9.17, 15) is 0 Å². The zero-order chi connectivity index (χ0) is 19.2. The van der Waals surface area contributed by atoms with Gasteiger partial charge in [-0.2, -0.15) is 0 Å². The lowest BCUT2D eigenvalue weighted by Gasteiger charge is -2.34. The van der Waals surface area contributed by atoms with Crippen molar-refractivity contribution in [2.24, 2.45) is 4.99 Å². The summed E-state index contributed by atoms with van der Waals surface area (Å²) >= 11 is 0. The predicted molar refractivity (Wildman–Crippen MR) is 129 cm³/mol. The number of hydrogen-bond donors (Lipinski definition) is 2. The first-order chi connectivity index (χ1) is 13.3. The van der Waals surface area contributed by atoms with Crippen molar-refractivity contribution in [2.75, 3.05) is 66.1 Å². The molecule has 1 aliphatic heterocycles. The minimum absolute atomic E-state index is 0. The van der Waals surface area contributed by atoms with Crippen molar-refractivity contribution in [1.82, 2.24) is 20.4 Å². The van der Waals surface area contributed by atoms with E-state index in [0.717, 1.165) is 38.6 Å². The van der Waals surface area contributed by atoms with Crippen molar-refractivity contribution in [3.8, 4) is 0 Å². The molecule has 1 heterocycles. The zero-order valence-corrected chi connectivity index (χ0v) is 19.9. The normalized spacial score (nSPS) is 15.9. The van der Waals surface area contributed by atoms with Gasteiger partial charge < -0.3 is 20.3 Å². The van der Waals surface area contributed by atoms with Crippen LogP contribution in [0, 0.1) is 0 Å². The van der Waals surface area contributed by atoms with Crippen LogP contribution in [0.15, 0.2) is 35.3 Å². The summed E-state index contributed by atoms with van der Waals surface area (Å²) in [5.41, 5.74) is 1.42. The van der Waals surface area contributed by atoms with Gasteiger partial charge in [-0.15, -0.1) is 24.0 Å². The van der Waals surface area contributed by atoms with E-state index in [1.54, 1.807) is 7.11 Å². The SMILES string of the molecule is CCNC(=NCCCCN1CCN(Cc2ccccc2)CC1)NCCOC.I. The molecule has 0 amide bonds. The number of ether oxygens (including phenoxy) is 1. The average Bonchev–Trinajstić information content (AvgIpc) is 2.70. The number of aliphatic imine (C=N–C) groups is 1. The van der Waals surface area contributed by atoms with Crippen LogP contribution in [0.5, 0.6) is 0 Å². The van der Waals surface area contributed by atoms with Crippen LogP contribution in [0.2, 0.25) is 0 Å². The molecule has 0 atom stereocenters. The first kappa shape index (κ1) is 25.1. The number of hydrogen-bond acceptors (Lipinski definition) is 4. The van der Waals surface area contributed by atoms with Gasteiger partial charge in [0.2, 0.25) is 0 Å². The lowest BCUT2D eigenvalue weighted by molar-refractivity contribution is 0.126. The number of benzene rings is 1. The number of nitrogens with one attached hydrogen (secondary N) is 2. The molecule has 160 valence electrons. The minimum atomic E-state index is 0. The Kier molecular flexibility index (Phi) is 14.3. The zero-order valence-electron chi connectivity index (χ0n) is 17.5. The van der Waals surface area contributed by atoms with Crippen molar-refractivity contribution in [1.29, 1.82) is 0 Å². The number of rotatable bonds is 11. The lowest BCUT2D eigenvalue weighted by Crippen LogP contribution is -2.46. The van der Waals surface area contributed by atoms with Crippen LogP contribution in [0.3, 0.4) is 0 Å². The second-order valence-electron chi connectivity index (χ2n) is 6.99. The maximum Gasteiger partial charge on any atom is 0.191 e. The van der Waals surface area contributed by atoms with Crippen LogP contribution in [0.1, 0.15) is 25.3 Å². The van der Waals surface area contributed by atoms with Gasteiger partial charge in [-0.25, -0.2) is 0 Å². The fraction of sp³-hybridized carbons (Fsp3) is 0.667. The lowest BCUT2D eigenvalue weighted by atomic mass is 10.2. The molecule has 1 saturated heterocycles. The van der Waals surface area contributed by atoms with Crippen LogP contribution in [-0.4, -0.2) is 81.8 Å². The molecule has 0 spiro atoms. The third-order valence-electron chi connectivity index (χ3n) is 4.81. The van der Waals surface area contributed by atoms with E-state index in [0.29, 0.717) is 6.61 Å². The number of nitrogens with zero attached hydrogens (tertiary/aromatic N) is 3. The summed E-state index contributed by atoms with van der Waals surface area (Å²) in [5.74, 6) is 0.893. The van der Waals surface area contributed by atoms with E-state index in [4.69, 9.17) is 4.74 Å². The predicted octanol–water partition coefficient (Wildman–Crippen LogP) is 2.40. The van der Waals surface area contributed by atoms with E-state index >= 15 is 0 Å². The summed E-state index contributed by atoms with van der Waals surface area (Å²) in [5, 5.41) is 6.56. The Morgan fingerprint density at radius 3 is 2.43 bits per heavy atom. The second kappa shape index (κ2) is 16.0. The number of unbranched alkanes of at least 4 members (excludes halogenated alkanes) is 1. The van der Waals surface area contributed by atoms with Gasteiger partial charge in [0.05, 0.1) is 6.61 Å². The number of methoxy groups -OCH3 is 1. The minimum Gasteiger partial charge on any atom is -0.383 e. The molecule has 0 aromatic heterocycles. The molecular formula is C21H38IN5O. The van der Waals surface area contributed by atoms with Crippen LogP contribution in [0.4, 0.5) is 0 Å². The van der Waals surface area contributed by atoms with Crippen LogP contribution < -0.4 is 10.6 Å². The highest BCUT2D eigenvalue weighted by Gasteiger charge is 2.16. The van der Waals surface area contributed by atoms with Gasteiger partial charge in [-0.05, 0) is 31.9 Å². The third kappa shape index (κ3) is 10.6. The molecule has 0 bridgehead atoms. The van der Waals surface area contributed by atoms with Gasteiger partial charge in [-0.1, -0.05) is 30.3 Å². The monoisotopic (exact) mass is 503 g/mol. The Bertz CT molecular complexity index is 521. The number of guanidine groups is 1. The molecular weight excluding hydrogens is 465 g/mol. The molecule has 1 aliphatic rings. The molecule has 0 aliphatic carbocycles. The second-order valence-corrected chi connectivity index (χ2v) is 6.99. The Morgan fingerprint density at radius 1 is 1.04 bits per heavy atom. The summed E-state index contributed by atoms with van der Waals surface area (Å²) in [7, 11) is 1.72. The summed E-state index contributed by atoms with van der Waals surface area (Å²) < 4.78 is 5.07. The maximum atomic E-state index is 5.07. The fourth-order valence-electron chi connectivity index (χ4n) is 3.26. The Morgan fingerprint density at radius 2 is 1.75 bits per heavy atom. The summed E-state index contributed by atoms with van der Waals surface area (Å²) in [6.07, 6.45) is 2.34. The molecule has 1 fully saturated rings. The number of halogens is 1. The van der Waals surface area contributed by atoms with Crippen molar-refractivity contribution < 1.29 is 4.74 Å². The van der Waals surface area contributed by atoms with Gasteiger partial charge in [0.25, 0.3) is 0 Å². The molecule has 6 nitrogen and oxygen atoms in total. The first-order valence-electron chi connectivity index (χ1n) is 10.3. The summed E-state index contributed by atoms with van der Waals surface area (Å²) in [4.78, 5) is 9.79. The Labute approximate surface area is 188 Å². The van der Waals surface area contributed by atoms with Crippen molar-refractivity contribution in [3.63, 3.8) is 0 Å². The van der Waals surface area contributed by atoms with E-state index in [-0.39, 0.29) is 24.0 Å². The molecule has 0 unspecified atom stereocenters. The summed E-state index contributed by atoms with van der Waals surface area (Å²) in [6.45, 7) is 12.3. The molecule has 2 rings (SSSR count). The van der Waals surface area contributed by atoms with Gasteiger partial charge in [0.15, 0.2) is 5.96 Å². The van der Waals surface area contributed by atoms with E-state index in [2.05, 4.69) is 62.7 Å². The number of piperazine rings is 1. The molecule has 2 N–H and O–H groups in total. The molecule has 7 heteroatoms. The maximum absolute atomic E-state index is 5.07. The van der Waals surface area contributed by atoms with Crippen molar-refractivity contribution >= 4 is 29.9 Å². The highest BCUT2D eigenvalue weighted by Crippen LogP contribution is 2.09. The molecule has 28 heavy (non-hydrogen) atoms. The first-order valence-corrected chi connectivity index (χ1v) is 10.3. The fourth-order valence-corrected chi connectivity index (χ4v) is 3.26. The largest absolute Gasteiger partial charge is 0.383 e. The van der Waals surface area contributed by atoms with Crippen LogP contribution in [0.25, 0.3) is 0 Å². The molecule has 1 aromatic rings. The smallest absolute Gasteiger partial charge is 0.191 e. The van der Waals surface area contributed by atoms with Gasteiger partial charge in [-0.3, -0.25) is 9.89 Å². The van der Waals surface area contributed by atoms with Crippen molar-refractivity contribution in [2.45, 2.75) is 26.3 Å². The van der Waals surface area contributed by atoms with Crippen molar-refractivity contribution in [3.05, 3.63) is 35.9 Å². The third-order valence-corrected chi connectivity index (χ3v) is 4.81. The average molecular weight is 503 g/mol. The molecule has 0 saturated carbocycles. The highest BCUT2D eigenvalue weighted by atomic mass is 127. The van der Waals surface area contributed by atoms with Gasteiger partial charge in [0, 0.05) is 59.5 Å².